The number of rotatable bonds is 8. The lowest BCUT2D eigenvalue weighted by Crippen LogP contribution is -2.30. The van der Waals surface area contributed by atoms with Crippen LogP contribution in [0.4, 0.5) is 5.00 Å². The molecule has 0 aliphatic rings. The Kier molecular flexibility index (Phi) is 6.44. The van der Waals surface area contributed by atoms with Gasteiger partial charge in [-0.1, -0.05) is 6.07 Å². The second kappa shape index (κ2) is 8.98. The van der Waals surface area contributed by atoms with E-state index in [2.05, 4.69) is 10.6 Å². The molecule has 0 saturated carbocycles. The third kappa shape index (κ3) is 4.65. The van der Waals surface area contributed by atoms with E-state index in [-0.39, 0.29) is 25.1 Å². The highest BCUT2D eigenvalue weighted by atomic mass is 32.1. The van der Waals surface area contributed by atoms with Gasteiger partial charge in [-0.2, -0.15) is 0 Å². The van der Waals surface area contributed by atoms with Crippen molar-refractivity contribution in [2.75, 3.05) is 18.5 Å². The van der Waals surface area contributed by atoms with Crippen molar-refractivity contribution in [3.8, 4) is 10.4 Å². The van der Waals surface area contributed by atoms with Crippen molar-refractivity contribution in [3.05, 3.63) is 52.6 Å². The lowest BCUT2D eigenvalue weighted by Gasteiger charge is -2.12. The van der Waals surface area contributed by atoms with E-state index >= 15 is 0 Å². The van der Waals surface area contributed by atoms with Crippen LogP contribution in [-0.4, -0.2) is 25.0 Å². The van der Waals surface area contributed by atoms with Crippen LogP contribution >= 0.6 is 22.7 Å². The summed E-state index contributed by atoms with van der Waals surface area (Å²) < 4.78 is 10.5. The minimum absolute atomic E-state index is 0.0936. The van der Waals surface area contributed by atoms with E-state index in [0.717, 1.165) is 16.2 Å². The average Bonchev–Trinajstić information content (AvgIpc) is 3.40. The van der Waals surface area contributed by atoms with E-state index in [1.54, 1.807) is 19.3 Å². The Hall–Kier alpha value is -2.42. The van der Waals surface area contributed by atoms with Gasteiger partial charge in [0.1, 0.15) is 16.3 Å². The third-order valence-corrected chi connectivity index (χ3v) is 5.65. The molecule has 3 aromatic heterocycles. The Morgan fingerprint density at radius 3 is 2.78 bits per heavy atom. The molecule has 0 fully saturated rings. The maximum atomic E-state index is 12.5. The molecule has 3 rings (SSSR count). The number of esters is 1. The minimum Gasteiger partial charge on any atom is -0.468 e. The maximum Gasteiger partial charge on any atom is 0.341 e. The van der Waals surface area contributed by atoms with Crippen LogP contribution in [0.5, 0.6) is 0 Å². The van der Waals surface area contributed by atoms with Crippen molar-refractivity contribution in [2.24, 2.45) is 0 Å². The Morgan fingerprint density at radius 1 is 1.26 bits per heavy atom. The highest BCUT2D eigenvalue weighted by Crippen LogP contribution is 2.38. The molecule has 0 aliphatic carbocycles. The largest absolute Gasteiger partial charge is 0.468 e. The van der Waals surface area contributed by atoms with E-state index < -0.39 is 5.97 Å². The predicted molar refractivity (Wildman–Crippen MR) is 107 cm³/mol. The van der Waals surface area contributed by atoms with E-state index in [0.29, 0.717) is 10.6 Å². The Bertz CT molecular complexity index is 885. The number of ether oxygens (including phenoxy) is 1. The van der Waals surface area contributed by atoms with Gasteiger partial charge in [0.2, 0.25) is 5.91 Å². The van der Waals surface area contributed by atoms with Gasteiger partial charge in [0.15, 0.2) is 0 Å². The van der Waals surface area contributed by atoms with Gasteiger partial charge in [0.25, 0.3) is 0 Å². The third-order valence-electron chi connectivity index (χ3n) is 3.85. The first-order chi connectivity index (χ1) is 13.1. The van der Waals surface area contributed by atoms with Crippen LogP contribution in [0.25, 0.3) is 10.4 Å². The quantitative estimate of drug-likeness (QED) is 0.539. The minimum atomic E-state index is -0.436. The van der Waals surface area contributed by atoms with E-state index in [9.17, 15) is 9.59 Å². The molecule has 27 heavy (non-hydrogen) atoms. The molecule has 0 aliphatic heterocycles. The number of amides is 1. The molecule has 0 bridgehead atoms. The summed E-state index contributed by atoms with van der Waals surface area (Å²) in [5.41, 5.74) is 1.18. The van der Waals surface area contributed by atoms with E-state index in [4.69, 9.17) is 9.15 Å². The summed E-state index contributed by atoms with van der Waals surface area (Å²) in [6.45, 7) is 4.04. The van der Waals surface area contributed by atoms with E-state index in [1.165, 1.54) is 22.7 Å². The molecule has 2 N–H and O–H groups in total. The second-order valence-corrected chi connectivity index (χ2v) is 7.54. The molecule has 0 spiro atoms. The lowest BCUT2D eigenvalue weighted by atomic mass is 10.1. The number of hydrogen-bond acceptors (Lipinski definition) is 7. The summed E-state index contributed by atoms with van der Waals surface area (Å²) in [4.78, 5) is 25.8. The molecule has 3 aromatic rings. The van der Waals surface area contributed by atoms with Gasteiger partial charge < -0.3 is 14.5 Å². The number of nitrogens with one attached hydrogen (secondary N) is 2. The molecular weight excluding hydrogens is 384 g/mol. The van der Waals surface area contributed by atoms with Gasteiger partial charge in [-0.25, -0.2) is 4.79 Å². The molecule has 8 heteroatoms. The number of thiophene rings is 2. The Labute approximate surface area is 165 Å². The Morgan fingerprint density at radius 2 is 2.11 bits per heavy atom. The van der Waals surface area contributed by atoms with Crippen LogP contribution in [-0.2, 0) is 9.53 Å². The number of carbonyl (C=O) groups excluding carboxylic acids is 2. The first-order valence-corrected chi connectivity index (χ1v) is 10.2. The number of carbonyl (C=O) groups is 2. The molecule has 1 atom stereocenters. The Balaban J connectivity index is 1.72. The van der Waals surface area contributed by atoms with Crippen molar-refractivity contribution < 1.29 is 18.7 Å². The van der Waals surface area contributed by atoms with E-state index in [1.807, 2.05) is 35.9 Å². The maximum absolute atomic E-state index is 12.5. The molecule has 0 unspecified atom stereocenters. The topological polar surface area (TPSA) is 80.6 Å². The molecule has 142 valence electrons. The first kappa shape index (κ1) is 19.3. The smallest absolute Gasteiger partial charge is 0.341 e. The second-order valence-electron chi connectivity index (χ2n) is 5.72. The standard InChI is InChI=1S/C19H20N2O4S2/c1-3-24-19(23)17-13(15-7-5-9-26-15)11-27-18(17)21-16(22)10-20-12(2)14-6-4-8-25-14/h4-9,11-12,20H,3,10H2,1-2H3,(H,21,22)/t12-/m0/s1. The zero-order valence-corrected chi connectivity index (χ0v) is 16.6. The highest BCUT2D eigenvalue weighted by Gasteiger charge is 2.23. The molecule has 3 heterocycles. The predicted octanol–water partition coefficient (Wildman–Crippen LogP) is 4.54. The van der Waals surface area contributed by atoms with Crippen molar-refractivity contribution in [2.45, 2.75) is 19.9 Å². The fourth-order valence-electron chi connectivity index (χ4n) is 2.52. The monoisotopic (exact) mass is 404 g/mol. The fourth-order valence-corrected chi connectivity index (χ4v) is 4.31. The van der Waals surface area contributed by atoms with Crippen LogP contribution < -0.4 is 10.6 Å². The summed E-state index contributed by atoms with van der Waals surface area (Å²) in [6, 6.07) is 7.41. The molecular formula is C19H20N2O4S2. The number of anilines is 1. The lowest BCUT2D eigenvalue weighted by molar-refractivity contribution is -0.115. The zero-order valence-electron chi connectivity index (χ0n) is 15.0. The molecule has 1 amide bonds. The van der Waals surface area contributed by atoms with Crippen molar-refractivity contribution in [1.29, 1.82) is 0 Å². The van der Waals surface area contributed by atoms with Crippen LogP contribution in [0.3, 0.4) is 0 Å². The number of hydrogen-bond donors (Lipinski definition) is 2. The molecule has 0 saturated heterocycles. The van der Waals surface area contributed by atoms with Gasteiger partial charge in [-0.15, -0.1) is 22.7 Å². The first-order valence-electron chi connectivity index (χ1n) is 8.49. The van der Waals surface area contributed by atoms with Crippen molar-refractivity contribution in [1.82, 2.24) is 5.32 Å². The summed E-state index contributed by atoms with van der Waals surface area (Å²) in [5.74, 6) is 0.0824. The van der Waals surface area contributed by atoms with Crippen molar-refractivity contribution >= 4 is 39.6 Å². The average molecular weight is 405 g/mol. The summed E-state index contributed by atoms with van der Waals surface area (Å²) in [7, 11) is 0. The van der Waals surface area contributed by atoms with Crippen LogP contribution in [0, 0.1) is 0 Å². The highest BCUT2D eigenvalue weighted by molar-refractivity contribution is 7.17. The van der Waals surface area contributed by atoms with Gasteiger partial charge in [0, 0.05) is 15.8 Å². The molecule has 0 radical (unpaired) electrons. The van der Waals surface area contributed by atoms with Gasteiger partial charge >= 0.3 is 5.97 Å². The van der Waals surface area contributed by atoms with Crippen LogP contribution in [0.15, 0.2) is 45.7 Å². The summed E-state index contributed by atoms with van der Waals surface area (Å²) in [5, 5.41) is 10.2. The molecule has 0 aromatic carbocycles. The van der Waals surface area contributed by atoms with Crippen molar-refractivity contribution in [3.63, 3.8) is 0 Å². The van der Waals surface area contributed by atoms with Gasteiger partial charge in [-0.3, -0.25) is 10.1 Å². The van der Waals surface area contributed by atoms with Crippen LogP contribution in [0.2, 0.25) is 0 Å². The SMILES string of the molecule is CCOC(=O)c1c(-c2cccs2)csc1NC(=O)CN[C@@H](C)c1ccco1. The van der Waals surface area contributed by atoms with Gasteiger partial charge in [-0.05, 0) is 37.4 Å². The van der Waals surface area contributed by atoms with Crippen LogP contribution in [0.1, 0.15) is 36.0 Å². The zero-order chi connectivity index (χ0) is 19.2. The normalized spacial score (nSPS) is 11.9. The summed E-state index contributed by atoms with van der Waals surface area (Å²) >= 11 is 2.85. The summed E-state index contributed by atoms with van der Waals surface area (Å²) in [6.07, 6.45) is 1.59. The fraction of sp³-hybridized carbons (Fsp3) is 0.263. The number of furan rings is 1. The molecule has 6 nitrogen and oxygen atoms in total. The van der Waals surface area contributed by atoms with Gasteiger partial charge in [0.05, 0.1) is 25.5 Å².